The molecule has 1 unspecified atom stereocenters. The van der Waals surface area contributed by atoms with Crippen molar-refractivity contribution in [1.82, 2.24) is 0 Å². The van der Waals surface area contributed by atoms with Crippen molar-refractivity contribution in [3.8, 4) is 11.1 Å². The predicted molar refractivity (Wildman–Crippen MR) is 77.1 cm³/mol. The third-order valence-corrected chi connectivity index (χ3v) is 3.10. The summed E-state index contributed by atoms with van der Waals surface area (Å²) in [6.45, 7) is 0.385. The van der Waals surface area contributed by atoms with Crippen LogP contribution in [0.3, 0.4) is 0 Å². The second-order valence-corrected chi connectivity index (χ2v) is 4.59. The average molecular weight is 280 g/mol. The molecule has 2 nitrogen and oxygen atoms in total. The van der Waals surface area contributed by atoms with Crippen molar-refractivity contribution in [2.75, 3.05) is 17.7 Å². The van der Waals surface area contributed by atoms with E-state index < -0.39 is 6.10 Å². The maximum absolute atomic E-state index is 13.2. The van der Waals surface area contributed by atoms with Crippen LogP contribution in [-0.4, -0.2) is 23.6 Å². The number of anilines is 1. The molecule has 100 valence electrons. The quantitative estimate of drug-likeness (QED) is 0.821. The number of halogens is 2. The first-order valence-electron chi connectivity index (χ1n) is 6.03. The Bertz CT molecular complexity index is 547. The molecule has 0 bridgehead atoms. The van der Waals surface area contributed by atoms with Crippen molar-refractivity contribution >= 4 is 17.3 Å². The second kappa shape index (κ2) is 6.55. The van der Waals surface area contributed by atoms with Gasteiger partial charge in [0.05, 0.1) is 12.0 Å². The van der Waals surface area contributed by atoms with Crippen LogP contribution < -0.4 is 5.32 Å². The van der Waals surface area contributed by atoms with Gasteiger partial charge in [-0.2, -0.15) is 0 Å². The lowest BCUT2D eigenvalue weighted by atomic mass is 10.1. The lowest BCUT2D eigenvalue weighted by Crippen LogP contribution is -2.20. The molecule has 19 heavy (non-hydrogen) atoms. The summed E-state index contributed by atoms with van der Waals surface area (Å²) in [5.41, 5.74) is 2.61. The highest BCUT2D eigenvalue weighted by molar-refractivity contribution is 6.18. The fourth-order valence-corrected chi connectivity index (χ4v) is 1.88. The highest BCUT2D eigenvalue weighted by Crippen LogP contribution is 2.23. The molecule has 0 aliphatic heterocycles. The maximum atomic E-state index is 13.2. The van der Waals surface area contributed by atoms with E-state index in [2.05, 4.69) is 5.32 Å². The Hall–Kier alpha value is -1.58. The van der Waals surface area contributed by atoms with Crippen LogP contribution in [0.4, 0.5) is 10.1 Å². The Kier molecular flexibility index (Phi) is 4.77. The fraction of sp³-hybridized carbons (Fsp3) is 0.200. The van der Waals surface area contributed by atoms with Crippen LogP contribution in [0.15, 0.2) is 48.5 Å². The largest absolute Gasteiger partial charge is 0.390 e. The summed E-state index contributed by atoms with van der Waals surface area (Å²) in [4.78, 5) is 0. The van der Waals surface area contributed by atoms with Gasteiger partial charge in [-0.3, -0.25) is 0 Å². The molecule has 0 radical (unpaired) electrons. The Morgan fingerprint density at radius 1 is 1.11 bits per heavy atom. The Morgan fingerprint density at radius 2 is 1.79 bits per heavy atom. The highest BCUT2D eigenvalue weighted by Gasteiger charge is 2.03. The summed E-state index contributed by atoms with van der Waals surface area (Å²) in [5, 5.41) is 12.5. The van der Waals surface area contributed by atoms with Gasteiger partial charge in [-0.15, -0.1) is 11.6 Å². The number of alkyl halides is 1. The minimum Gasteiger partial charge on any atom is -0.390 e. The van der Waals surface area contributed by atoms with E-state index in [-0.39, 0.29) is 11.7 Å². The van der Waals surface area contributed by atoms with Gasteiger partial charge in [0.1, 0.15) is 5.82 Å². The first-order valence-corrected chi connectivity index (χ1v) is 6.56. The lowest BCUT2D eigenvalue weighted by molar-refractivity contribution is 0.211. The zero-order chi connectivity index (χ0) is 13.7. The Morgan fingerprint density at radius 3 is 2.47 bits per heavy atom. The van der Waals surface area contributed by atoms with Crippen molar-refractivity contribution in [1.29, 1.82) is 0 Å². The molecule has 0 aliphatic carbocycles. The fourth-order valence-electron chi connectivity index (χ4n) is 1.77. The SMILES string of the molecule is OC(CCl)CNc1cccc(-c2cccc(F)c2)c1. The van der Waals surface area contributed by atoms with Crippen molar-refractivity contribution < 1.29 is 9.50 Å². The van der Waals surface area contributed by atoms with Gasteiger partial charge in [0, 0.05) is 12.2 Å². The smallest absolute Gasteiger partial charge is 0.123 e. The molecule has 0 saturated heterocycles. The molecule has 0 aliphatic rings. The molecular formula is C15H15ClFNO. The standard InChI is InChI=1S/C15H15ClFNO/c16-9-15(19)10-18-14-6-2-4-12(8-14)11-3-1-5-13(17)7-11/h1-8,15,18-19H,9-10H2. The van der Waals surface area contributed by atoms with Gasteiger partial charge in [-0.05, 0) is 35.4 Å². The molecule has 2 aromatic carbocycles. The van der Waals surface area contributed by atoms with E-state index in [4.69, 9.17) is 11.6 Å². The van der Waals surface area contributed by atoms with E-state index in [9.17, 15) is 9.50 Å². The molecule has 0 heterocycles. The lowest BCUT2D eigenvalue weighted by Gasteiger charge is -2.11. The number of hydrogen-bond acceptors (Lipinski definition) is 2. The molecule has 0 aromatic heterocycles. The zero-order valence-electron chi connectivity index (χ0n) is 10.3. The van der Waals surface area contributed by atoms with Gasteiger partial charge in [0.15, 0.2) is 0 Å². The van der Waals surface area contributed by atoms with Gasteiger partial charge >= 0.3 is 0 Å². The molecule has 1 atom stereocenters. The van der Waals surface area contributed by atoms with Crippen LogP contribution >= 0.6 is 11.6 Å². The molecule has 0 fully saturated rings. The summed E-state index contributed by atoms with van der Waals surface area (Å²) in [7, 11) is 0. The number of nitrogens with one attached hydrogen (secondary N) is 1. The molecule has 4 heteroatoms. The molecule has 2 aromatic rings. The minimum absolute atomic E-state index is 0.191. The normalized spacial score (nSPS) is 12.2. The van der Waals surface area contributed by atoms with Crippen LogP contribution in [0.5, 0.6) is 0 Å². The molecule has 0 spiro atoms. The van der Waals surface area contributed by atoms with Crippen molar-refractivity contribution in [2.24, 2.45) is 0 Å². The number of aliphatic hydroxyl groups excluding tert-OH is 1. The number of hydrogen-bond donors (Lipinski definition) is 2. The van der Waals surface area contributed by atoms with Crippen LogP contribution in [0.25, 0.3) is 11.1 Å². The van der Waals surface area contributed by atoms with Crippen molar-refractivity contribution in [2.45, 2.75) is 6.10 Å². The van der Waals surface area contributed by atoms with E-state index in [1.165, 1.54) is 12.1 Å². The number of aliphatic hydroxyl groups is 1. The first-order chi connectivity index (χ1) is 9.19. The van der Waals surface area contributed by atoms with E-state index in [0.717, 1.165) is 16.8 Å². The minimum atomic E-state index is -0.584. The summed E-state index contributed by atoms with van der Waals surface area (Å²) in [6.07, 6.45) is -0.584. The van der Waals surface area contributed by atoms with E-state index in [1.54, 1.807) is 6.07 Å². The van der Waals surface area contributed by atoms with E-state index in [0.29, 0.717) is 6.54 Å². The molecular weight excluding hydrogens is 265 g/mol. The predicted octanol–water partition coefficient (Wildman–Crippen LogP) is 3.50. The molecule has 2 N–H and O–H groups in total. The maximum Gasteiger partial charge on any atom is 0.123 e. The Balaban J connectivity index is 2.15. The summed E-state index contributed by atoms with van der Waals surface area (Å²) in [5.74, 6) is -0.0650. The highest BCUT2D eigenvalue weighted by atomic mass is 35.5. The van der Waals surface area contributed by atoms with Gasteiger partial charge in [0.25, 0.3) is 0 Å². The summed E-state index contributed by atoms with van der Waals surface area (Å²) in [6, 6.07) is 14.1. The van der Waals surface area contributed by atoms with Crippen LogP contribution in [0.1, 0.15) is 0 Å². The molecule has 0 saturated carbocycles. The number of benzene rings is 2. The summed E-state index contributed by atoms with van der Waals surface area (Å²) >= 11 is 5.53. The van der Waals surface area contributed by atoms with Crippen LogP contribution in [-0.2, 0) is 0 Å². The monoisotopic (exact) mass is 279 g/mol. The second-order valence-electron chi connectivity index (χ2n) is 4.28. The van der Waals surface area contributed by atoms with Gasteiger partial charge < -0.3 is 10.4 Å². The Labute approximate surface area is 116 Å². The van der Waals surface area contributed by atoms with Gasteiger partial charge in [-0.25, -0.2) is 4.39 Å². The van der Waals surface area contributed by atoms with Gasteiger partial charge in [0.2, 0.25) is 0 Å². The topological polar surface area (TPSA) is 32.3 Å². The third-order valence-electron chi connectivity index (χ3n) is 2.74. The number of rotatable bonds is 5. The van der Waals surface area contributed by atoms with Gasteiger partial charge in [-0.1, -0.05) is 24.3 Å². The first kappa shape index (κ1) is 13.8. The van der Waals surface area contributed by atoms with Crippen molar-refractivity contribution in [3.63, 3.8) is 0 Å². The summed E-state index contributed by atoms with van der Waals surface area (Å²) < 4.78 is 13.2. The van der Waals surface area contributed by atoms with Crippen LogP contribution in [0.2, 0.25) is 0 Å². The van der Waals surface area contributed by atoms with E-state index in [1.807, 2.05) is 30.3 Å². The van der Waals surface area contributed by atoms with E-state index >= 15 is 0 Å². The molecule has 0 amide bonds. The van der Waals surface area contributed by atoms with Crippen LogP contribution in [0, 0.1) is 5.82 Å². The third kappa shape index (κ3) is 3.94. The molecule has 2 rings (SSSR count). The average Bonchev–Trinajstić information content (AvgIpc) is 2.45. The van der Waals surface area contributed by atoms with Crippen molar-refractivity contribution in [3.05, 3.63) is 54.3 Å². The zero-order valence-corrected chi connectivity index (χ0v) is 11.1.